The molecule has 27 heavy (non-hydrogen) atoms. The number of aromatic amines is 1. The first-order chi connectivity index (χ1) is 13.0. The predicted molar refractivity (Wildman–Crippen MR) is 95.2 cm³/mol. The average molecular weight is 373 g/mol. The van der Waals surface area contributed by atoms with Crippen molar-refractivity contribution in [3.63, 3.8) is 0 Å². The standard InChI is InChI=1S/C20H18F3N3O/c21-20(22,23)15-5-2-6-16(10-15)27-12-13-3-1-4-14(9-13)19-25-17-7-8-24-11-18(17)26-19/h1-6,9-10,24H,7-8,11-12H2,(H,25,26). The van der Waals surface area contributed by atoms with Gasteiger partial charge in [0.05, 0.1) is 17.0 Å². The fraction of sp³-hybridized carbons (Fsp3) is 0.250. The van der Waals surface area contributed by atoms with Crippen molar-refractivity contribution in [2.75, 3.05) is 6.54 Å². The van der Waals surface area contributed by atoms with Gasteiger partial charge in [-0.1, -0.05) is 24.3 Å². The molecule has 2 aromatic carbocycles. The molecule has 140 valence electrons. The third kappa shape index (κ3) is 3.98. The lowest BCUT2D eigenvalue weighted by atomic mass is 10.1. The molecule has 0 radical (unpaired) electrons. The monoisotopic (exact) mass is 373 g/mol. The second-order valence-electron chi connectivity index (χ2n) is 6.45. The zero-order chi connectivity index (χ0) is 18.9. The summed E-state index contributed by atoms with van der Waals surface area (Å²) in [7, 11) is 0. The van der Waals surface area contributed by atoms with Crippen LogP contribution in [0.25, 0.3) is 11.4 Å². The maximum Gasteiger partial charge on any atom is 0.416 e. The highest BCUT2D eigenvalue weighted by atomic mass is 19.4. The zero-order valence-corrected chi connectivity index (χ0v) is 14.4. The lowest BCUT2D eigenvalue weighted by Crippen LogP contribution is -2.23. The summed E-state index contributed by atoms with van der Waals surface area (Å²) in [6.07, 6.45) is -3.49. The summed E-state index contributed by atoms with van der Waals surface area (Å²) in [4.78, 5) is 7.99. The van der Waals surface area contributed by atoms with Crippen molar-refractivity contribution in [1.82, 2.24) is 15.3 Å². The highest BCUT2D eigenvalue weighted by molar-refractivity contribution is 5.57. The Kier molecular flexibility index (Phi) is 4.61. The Morgan fingerprint density at radius 3 is 2.74 bits per heavy atom. The van der Waals surface area contributed by atoms with E-state index in [0.29, 0.717) is 0 Å². The first-order valence-electron chi connectivity index (χ1n) is 8.67. The van der Waals surface area contributed by atoms with Crippen molar-refractivity contribution in [3.05, 3.63) is 71.0 Å². The van der Waals surface area contributed by atoms with Crippen LogP contribution in [0.5, 0.6) is 5.75 Å². The second-order valence-corrected chi connectivity index (χ2v) is 6.45. The largest absolute Gasteiger partial charge is 0.489 e. The van der Waals surface area contributed by atoms with Crippen LogP contribution in [-0.4, -0.2) is 16.5 Å². The van der Waals surface area contributed by atoms with Gasteiger partial charge in [-0.3, -0.25) is 0 Å². The number of hydrogen-bond acceptors (Lipinski definition) is 3. The van der Waals surface area contributed by atoms with Crippen LogP contribution < -0.4 is 10.1 Å². The van der Waals surface area contributed by atoms with E-state index in [0.717, 1.165) is 60.0 Å². The van der Waals surface area contributed by atoms with Gasteiger partial charge in [-0.25, -0.2) is 4.98 Å². The third-order valence-corrected chi connectivity index (χ3v) is 4.47. The molecule has 7 heteroatoms. The van der Waals surface area contributed by atoms with Crippen molar-refractivity contribution < 1.29 is 17.9 Å². The molecule has 0 spiro atoms. The van der Waals surface area contributed by atoms with Crippen LogP contribution in [0, 0.1) is 0 Å². The molecular formula is C20H18F3N3O. The van der Waals surface area contributed by atoms with Crippen molar-refractivity contribution >= 4 is 0 Å². The van der Waals surface area contributed by atoms with Crippen LogP contribution in [0.2, 0.25) is 0 Å². The van der Waals surface area contributed by atoms with E-state index >= 15 is 0 Å². The summed E-state index contributed by atoms with van der Waals surface area (Å²) < 4.78 is 44.0. The SMILES string of the molecule is FC(F)(F)c1cccc(OCc2cccc(-c3nc4c([nH]3)CNCC4)c2)c1. The van der Waals surface area contributed by atoms with Crippen LogP contribution in [0.4, 0.5) is 13.2 Å². The van der Waals surface area contributed by atoms with E-state index in [2.05, 4.69) is 15.3 Å². The molecule has 0 atom stereocenters. The van der Waals surface area contributed by atoms with Crippen molar-refractivity contribution in [1.29, 1.82) is 0 Å². The van der Waals surface area contributed by atoms with Gasteiger partial charge in [-0.05, 0) is 29.8 Å². The Hall–Kier alpha value is -2.80. The minimum Gasteiger partial charge on any atom is -0.489 e. The normalized spacial score (nSPS) is 14.0. The highest BCUT2D eigenvalue weighted by Crippen LogP contribution is 2.31. The summed E-state index contributed by atoms with van der Waals surface area (Å²) in [5.74, 6) is 0.986. The van der Waals surface area contributed by atoms with Gasteiger partial charge in [0.2, 0.25) is 0 Å². The van der Waals surface area contributed by atoms with E-state index < -0.39 is 11.7 Å². The number of rotatable bonds is 4. The van der Waals surface area contributed by atoms with Gasteiger partial charge < -0.3 is 15.0 Å². The molecule has 4 rings (SSSR count). The van der Waals surface area contributed by atoms with Gasteiger partial charge in [0.15, 0.2) is 0 Å². The Morgan fingerprint density at radius 1 is 1.07 bits per heavy atom. The van der Waals surface area contributed by atoms with Gasteiger partial charge in [0.25, 0.3) is 0 Å². The number of imidazole rings is 1. The van der Waals surface area contributed by atoms with Gasteiger partial charge in [0.1, 0.15) is 18.2 Å². The Morgan fingerprint density at radius 2 is 1.93 bits per heavy atom. The van der Waals surface area contributed by atoms with Gasteiger partial charge >= 0.3 is 6.18 Å². The molecule has 1 aliphatic heterocycles. The van der Waals surface area contributed by atoms with E-state index in [1.165, 1.54) is 12.1 Å². The number of nitrogens with one attached hydrogen (secondary N) is 2. The van der Waals surface area contributed by atoms with Crippen LogP contribution in [0.1, 0.15) is 22.5 Å². The van der Waals surface area contributed by atoms with Crippen LogP contribution >= 0.6 is 0 Å². The molecule has 0 aliphatic carbocycles. The summed E-state index contributed by atoms with van der Waals surface area (Å²) in [6, 6.07) is 12.6. The van der Waals surface area contributed by atoms with E-state index in [-0.39, 0.29) is 12.4 Å². The lowest BCUT2D eigenvalue weighted by Gasteiger charge is -2.10. The quantitative estimate of drug-likeness (QED) is 0.716. The molecule has 0 unspecified atom stereocenters. The second kappa shape index (κ2) is 7.08. The molecule has 4 nitrogen and oxygen atoms in total. The zero-order valence-electron chi connectivity index (χ0n) is 14.4. The van der Waals surface area contributed by atoms with Gasteiger partial charge in [-0.2, -0.15) is 13.2 Å². The molecule has 0 saturated carbocycles. The maximum atomic E-state index is 12.8. The van der Waals surface area contributed by atoms with E-state index in [1.54, 1.807) is 0 Å². The highest BCUT2D eigenvalue weighted by Gasteiger charge is 2.30. The van der Waals surface area contributed by atoms with Crippen molar-refractivity contribution in [2.45, 2.75) is 25.7 Å². The number of ether oxygens (including phenoxy) is 1. The Labute approximate surface area is 154 Å². The molecule has 0 saturated heterocycles. The molecule has 0 bridgehead atoms. The van der Waals surface area contributed by atoms with Crippen LogP contribution in [-0.2, 0) is 25.7 Å². The number of alkyl halides is 3. The lowest BCUT2D eigenvalue weighted by molar-refractivity contribution is -0.137. The Bertz CT molecular complexity index is 926. The molecular weight excluding hydrogens is 355 g/mol. The first-order valence-corrected chi connectivity index (χ1v) is 8.67. The van der Waals surface area contributed by atoms with Crippen LogP contribution in [0.15, 0.2) is 48.5 Å². The summed E-state index contributed by atoms with van der Waals surface area (Å²) in [5, 5.41) is 3.30. The van der Waals surface area contributed by atoms with Gasteiger partial charge in [-0.15, -0.1) is 0 Å². The molecule has 3 aromatic rings. The number of hydrogen-bond donors (Lipinski definition) is 2. The smallest absolute Gasteiger partial charge is 0.416 e. The minimum absolute atomic E-state index is 0.178. The molecule has 0 amide bonds. The number of fused-ring (bicyclic) bond motifs is 1. The number of nitrogens with zero attached hydrogens (tertiary/aromatic N) is 1. The number of benzene rings is 2. The van der Waals surface area contributed by atoms with Gasteiger partial charge in [0, 0.05) is 25.1 Å². The number of aromatic nitrogens is 2. The fourth-order valence-corrected chi connectivity index (χ4v) is 3.09. The summed E-state index contributed by atoms with van der Waals surface area (Å²) in [5.41, 5.74) is 3.24. The Balaban J connectivity index is 1.49. The van der Waals surface area contributed by atoms with E-state index in [9.17, 15) is 13.2 Å². The van der Waals surface area contributed by atoms with Crippen molar-refractivity contribution in [2.24, 2.45) is 0 Å². The van der Waals surface area contributed by atoms with Crippen LogP contribution in [0.3, 0.4) is 0 Å². The molecule has 2 N–H and O–H groups in total. The maximum absolute atomic E-state index is 12.8. The van der Waals surface area contributed by atoms with E-state index in [1.807, 2.05) is 24.3 Å². The molecule has 0 fully saturated rings. The minimum atomic E-state index is -4.38. The molecule has 1 aromatic heterocycles. The summed E-state index contributed by atoms with van der Waals surface area (Å²) in [6.45, 7) is 1.87. The average Bonchev–Trinajstić information content (AvgIpc) is 3.10. The topological polar surface area (TPSA) is 49.9 Å². The first kappa shape index (κ1) is 17.6. The molecule has 2 heterocycles. The van der Waals surface area contributed by atoms with E-state index in [4.69, 9.17) is 4.74 Å². The molecule has 1 aliphatic rings. The number of halogens is 3. The number of H-pyrrole nitrogens is 1. The van der Waals surface area contributed by atoms with Crippen molar-refractivity contribution in [3.8, 4) is 17.1 Å². The summed E-state index contributed by atoms with van der Waals surface area (Å²) >= 11 is 0. The fourth-order valence-electron chi connectivity index (χ4n) is 3.09. The third-order valence-electron chi connectivity index (χ3n) is 4.47. The predicted octanol–water partition coefficient (Wildman–Crippen LogP) is 4.32.